The number of rotatable bonds is 7. The minimum absolute atomic E-state index is 0.00634. The van der Waals surface area contributed by atoms with Crippen molar-refractivity contribution in [2.24, 2.45) is 0 Å². The molecule has 0 unspecified atom stereocenters. The standard InChI is InChI=1S/C24H15N5O6/c1-15-10-19(28(31)32)4-8-22(15)27-24(30)18(14-26)11-16-2-6-21(7-3-16)35-23-9-5-20(29(33)34)12-17(23)13-25/h2-12H,1H3,(H,27,30). The van der Waals surface area contributed by atoms with Gasteiger partial charge in [0.2, 0.25) is 0 Å². The number of nitro groups is 2. The Bertz CT molecular complexity index is 1450. The van der Waals surface area contributed by atoms with Crippen LogP contribution in [0.5, 0.6) is 11.5 Å². The number of hydrogen-bond donors (Lipinski definition) is 1. The minimum atomic E-state index is -0.686. The van der Waals surface area contributed by atoms with Gasteiger partial charge in [-0.2, -0.15) is 10.5 Å². The van der Waals surface area contributed by atoms with E-state index in [1.54, 1.807) is 31.2 Å². The van der Waals surface area contributed by atoms with Crippen LogP contribution < -0.4 is 10.1 Å². The molecule has 11 nitrogen and oxygen atoms in total. The molecule has 35 heavy (non-hydrogen) atoms. The summed E-state index contributed by atoms with van der Waals surface area (Å²) in [5, 5.41) is 42.9. The summed E-state index contributed by atoms with van der Waals surface area (Å²) in [6.07, 6.45) is 1.35. The molecule has 0 aromatic heterocycles. The maximum Gasteiger partial charge on any atom is 0.271 e. The molecule has 0 aliphatic carbocycles. The fourth-order valence-corrected chi connectivity index (χ4v) is 2.97. The summed E-state index contributed by atoms with van der Waals surface area (Å²) in [5.41, 5.74) is 0.756. The first kappa shape index (κ1) is 24.1. The number of benzene rings is 3. The lowest BCUT2D eigenvalue weighted by molar-refractivity contribution is -0.385. The highest BCUT2D eigenvalue weighted by molar-refractivity contribution is 6.10. The molecule has 3 aromatic carbocycles. The highest BCUT2D eigenvalue weighted by atomic mass is 16.6. The third-order valence-corrected chi connectivity index (χ3v) is 4.75. The zero-order valence-electron chi connectivity index (χ0n) is 18.1. The lowest BCUT2D eigenvalue weighted by Crippen LogP contribution is -2.14. The van der Waals surface area contributed by atoms with E-state index in [0.717, 1.165) is 6.07 Å². The van der Waals surface area contributed by atoms with Gasteiger partial charge in [0.25, 0.3) is 17.3 Å². The number of nitrogens with zero attached hydrogens (tertiary/aromatic N) is 4. The summed E-state index contributed by atoms with van der Waals surface area (Å²) < 4.78 is 5.63. The van der Waals surface area contributed by atoms with Gasteiger partial charge in [-0.1, -0.05) is 12.1 Å². The number of ether oxygens (including phenoxy) is 1. The number of carbonyl (C=O) groups is 1. The van der Waals surface area contributed by atoms with Crippen LogP contribution in [-0.4, -0.2) is 15.8 Å². The first-order valence-corrected chi connectivity index (χ1v) is 9.86. The highest BCUT2D eigenvalue weighted by Gasteiger charge is 2.14. The lowest BCUT2D eigenvalue weighted by atomic mass is 10.1. The molecule has 0 heterocycles. The molecule has 0 spiro atoms. The Labute approximate surface area is 198 Å². The van der Waals surface area contributed by atoms with Gasteiger partial charge in [0.1, 0.15) is 34.8 Å². The van der Waals surface area contributed by atoms with Gasteiger partial charge in [-0.3, -0.25) is 25.0 Å². The summed E-state index contributed by atoms with van der Waals surface area (Å²) in [7, 11) is 0. The number of hydrogen-bond acceptors (Lipinski definition) is 8. The van der Waals surface area contributed by atoms with Crippen molar-refractivity contribution in [2.45, 2.75) is 6.92 Å². The average molecular weight is 469 g/mol. The van der Waals surface area contributed by atoms with Crippen molar-refractivity contribution in [3.63, 3.8) is 0 Å². The maximum atomic E-state index is 12.5. The molecule has 172 valence electrons. The third kappa shape index (κ3) is 5.83. The number of nitrogens with one attached hydrogen (secondary N) is 1. The molecule has 0 saturated heterocycles. The highest BCUT2D eigenvalue weighted by Crippen LogP contribution is 2.29. The van der Waals surface area contributed by atoms with Gasteiger partial charge in [-0.15, -0.1) is 0 Å². The van der Waals surface area contributed by atoms with Crippen LogP contribution >= 0.6 is 0 Å². The van der Waals surface area contributed by atoms with Crippen LogP contribution in [0.25, 0.3) is 6.08 Å². The van der Waals surface area contributed by atoms with Crippen molar-refractivity contribution >= 4 is 29.0 Å². The van der Waals surface area contributed by atoms with Gasteiger partial charge in [0.05, 0.1) is 9.85 Å². The van der Waals surface area contributed by atoms with E-state index < -0.39 is 15.8 Å². The zero-order chi connectivity index (χ0) is 25.5. The van der Waals surface area contributed by atoms with Gasteiger partial charge < -0.3 is 10.1 Å². The van der Waals surface area contributed by atoms with Gasteiger partial charge >= 0.3 is 0 Å². The molecule has 3 rings (SSSR count). The van der Waals surface area contributed by atoms with Crippen molar-refractivity contribution in [1.82, 2.24) is 0 Å². The van der Waals surface area contributed by atoms with Crippen molar-refractivity contribution in [3.05, 3.63) is 103 Å². The molecule has 1 N–H and O–H groups in total. The van der Waals surface area contributed by atoms with Gasteiger partial charge in [0.15, 0.2) is 0 Å². The van der Waals surface area contributed by atoms with Gasteiger partial charge in [-0.25, -0.2) is 0 Å². The third-order valence-electron chi connectivity index (χ3n) is 4.75. The topological polar surface area (TPSA) is 172 Å². The minimum Gasteiger partial charge on any atom is -0.456 e. The number of carbonyl (C=O) groups excluding carboxylic acids is 1. The molecule has 0 saturated carbocycles. The van der Waals surface area contributed by atoms with Crippen LogP contribution in [-0.2, 0) is 4.79 Å². The van der Waals surface area contributed by atoms with Crippen LogP contribution in [0.2, 0.25) is 0 Å². The molecule has 0 bridgehead atoms. The Morgan fingerprint density at radius 1 is 0.971 bits per heavy atom. The first-order chi connectivity index (χ1) is 16.7. The van der Waals surface area contributed by atoms with Crippen molar-refractivity contribution in [2.75, 3.05) is 5.32 Å². The van der Waals surface area contributed by atoms with E-state index in [9.17, 15) is 35.5 Å². The largest absolute Gasteiger partial charge is 0.456 e. The predicted molar refractivity (Wildman–Crippen MR) is 124 cm³/mol. The first-order valence-electron chi connectivity index (χ1n) is 9.86. The van der Waals surface area contributed by atoms with E-state index in [1.165, 1.54) is 36.4 Å². The summed E-state index contributed by atoms with van der Waals surface area (Å²) >= 11 is 0. The number of amides is 1. The monoisotopic (exact) mass is 469 g/mol. The molecular weight excluding hydrogens is 454 g/mol. The Balaban J connectivity index is 1.75. The van der Waals surface area contributed by atoms with Crippen molar-refractivity contribution in [3.8, 4) is 23.6 Å². The summed E-state index contributed by atoms with van der Waals surface area (Å²) in [5.74, 6) is -0.219. The number of nitro benzene ring substituents is 2. The smallest absolute Gasteiger partial charge is 0.271 e. The molecule has 3 aromatic rings. The Kier molecular flexibility index (Phi) is 7.15. The van der Waals surface area contributed by atoms with E-state index in [4.69, 9.17) is 4.74 Å². The predicted octanol–water partition coefficient (Wildman–Crippen LogP) is 5.02. The van der Waals surface area contributed by atoms with Crippen LogP contribution in [0.3, 0.4) is 0 Å². The molecule has 0 atom stereocenters. The summed E-state index contributed by atoms with van der Waals surface area (Å²) in [4.78, 5) is 33.1. The van der Waals surface area contributed by atoms with Crippen LogP contribution in [0.4, 0.5) is 17.1 Å². The van der Waals surface area contributed by atoms with E-state index >= 15 is 0 Å². The number of aryl methyl sites for hydroxylation is 1. The van der Waals surface area contributed by atoms with Crippen molar-refractivity contribution < 1.29 is 19.4 Å². The summed E-state index contributed by atoms with van der Waals surface area (Å²) in [6, 6.07) is 17.5. The molecule has 0 fully saturated rings. The fourth-order valence-electron chi connectivity index (χ4n) is 2.97. The zero-order valence-corrected chi connectivity index (χ0v) is 18.1. The molecule has 0 aliphatic rings. The van der Waals surface area contributed by atoms with Gasteiger partial charge in [-0.05, 0) is 48.4 Å². The van der Waals surface area contributed by atoms with Gasteiger partial charge in [0, 0.05) is 30.0 Å². The molecule has 0 aliphatic heterocycles. The van der Waals surface area contributed by atoms with Crippen LogP contribution in [0.15, 0.2) is 66.2 Å². The molecule has 0 radical (unpaired) electrons. The number of anilines is 1. The second kappa shape index (κ2) is 10.4. The Hall–Kier alpha value is -5.55. The van der Waals surface area contributed by atoms with Crippen molar-refractivity contribution in [1.29, 1.82) is 10.5 Å². The lowest BCUT2D eigenvalue weighted by Gasteiger charge is -2.08. The fraction of sp³-hybridized carbons (Fsp3) is 0.0417. The normalized spacial score (nSPS) is 10.5. The molecule has 11 heteroatoms. The van der Waals surface area contributed by atoms with E-state index in [2.05, 4.69) is 5.32 Å². The van der Waals surface area contributed by atoms with E-state index in [-0.39, 0.29) is 28.3 Å². The second-order valence-corrected chi connectivity index (χ2v) is 7.10. The van der Waals surface area contributed by atoms with E-state index in [0.29, 0.717) is 22.6 Å². The Morgan fingerprint density at radius 3 is 2.17 bits per heavy atom. The quantitative estimate of drug-likeness (QED) is 0.217. The van der Waals surface area contributed by atoms with Crippen LogP contribution in [0.1, 0.15) is 16.7 Å². The molecular formula is C24H15N5O6. The maximum absolute atomic E-state index is 12.5. The second-order valence-electron chi connectivity index (χ2n) is 7.10. The number of nitriles is 2. The average Bonchev–Trinajstić information content (AvgIpc) is 2.84. The Morgan fingerprint density at radius 2 is 1.60 bits per heavy atom. The summed E-state index contributed by atoms with van der Waals surface area (Å²) in [6.45, 7) is 1.60. The molecule has 1 amide bonds. The van der Waals surface area contributed by atoms with E-state index in [1.807, 2.05) is 12.1 Å². The number of non-ortho nitro benzene ring substituents is 2. The van der Waals surface area contributed by atoms with Crippen LogP contribution in [0, 0.1) is 49.8 Å². The SMILES string of the molecule is Cc1cc([N+](=O)[O-])ccc1NC(=O)C(C#N)=Cc1ccc(Oc2ccc([N+](=O)[O-])cc2C#N)cc1.